The lowest BCUT2D eigenvalue weighted by atomic mass is 10.2. The molecule has 0 saturated heterocycles. The fourth-order valence-corrected chi connectivity index (χ4v) is 3.32. The molecule has 0 atom stereocenters. The van der Waals surface area contributed by atoms with E-state index in [1.807, 2.05) is 36.6 Å². The Morgan fingerprint density at radius 1 is 1.17 bits per heavy atom. The Morgan fingerprint density at radius 2 is 1.90 bits per heavy atom. The van der Waals surface area contributed by atoms with Gasteiger partial charge in [0.2, 0.25) is 0 Å². The summed E-state index contributed by atoms with van der Waals surface area (Å²) < 4.78 is 10.8. The fraction of sp³-hybridized carbons (Fsp3) is 0.200. The molecule has 0 saturated carbocycles. The number of carbonyl (C=O) groups is 1. The van der Waals surface area contributed by atoms with Gasteiger partial charge in [-0.2, -0.15) is 0 Å². The minimum atomic E-state index is -0.462. The average molecular weight is 413 g/mol. The lowest BCUT2D eigenvalue weighted by Crippen LogP contribution is -2.20. The second kappa shape index (κ2) is 9.16. The summed E-state index contributed by atoms with van der Waals surface area (Å²) in [7, 11) is 0. The Bertz CT molecular complexity index is 1020. The SMILES string of the molecule is CCOc1ccc(-c2csc(NC(=O)COc3ccc([N+](=O)[O-])c(C)c3)n2)cc1. The molecule has 0 aliphatic heterocycles. The fourth-order valence-electron chi connectivity index (χ4n) is 2.58. The Morgan fingerprint density at radius 3 is 2.55 bits per heavy atom. The molecule has 150 valence electrons. The zero-order valence-electron chi connectivity index (χ0n) is 15.9. The first kappa shape index (κ1) is 20.3. The van der Waals surface area contributed by atoms with E-state index in [1.54, 1.807) is 6.92 Å². The third-order valence-electron chi connectivity index (χ3n) is 3.95. The maximum atomic E-state index is 12.1. The minimum absolute atomic E-state index is 0.00593. The van der Waals surface area contributed by atoms with E-state index in [1.165, 1.54) is 29.5 Å². The van der Waals surface area contributed by atoms with Crippen molar-refractivity contribution in [1.29, 1.82) is 0 Å². The molecule has 1 heterocycles. The van der Waals surface area contributed by atoms with Crippen LogP contribution < -0.4 is 14.8 Å². The van der Waals surface area contributed by atoms with E-state index in [0.29, 0.717) is 23.1 Å². The molecule has 8 nitrogen and oxygen atoms in total. The number of ether oxygens (including phenoxy) is 2. The molecule has 0 aliphatic carbocycles. The number of thiazole rings is 1. The van der Waals surface area contributed by atoms with Crippen molar-refractivity contribution in [2.45, 2.75) is 13.8 Å². The molecule has 0 spiro atoms. The first-order valence-corrected chi connectivity index (χ1v) is 9.70. The molecule has 0 unspecified atom stereocenters. The summed E-state index contributed by atoms with van der Waals surface area (Å²) >= 11 is 1.31. The van der Waals surface area contributed by atoms with Gasteiger partial charge in [0.1, 0.15) is 11.5 Å². The minimum Gasteiger partial charge on any atom is -0.494 e. The molecule has 3 rings (SSSR count). The number of nitro benzene ring substituents is 1. The topological polar surface area (TPSA) is 104 Å². The Kier molecular flexibility index (Phi) is 6.40. The number of benzene rings is 2. The summed E-state index contributed by atoms with van der Waals surface area (Å²) in [5, 5.41) is 15.8. The van der Waals surface area contributed by atoms with Gasteiger partial charge in [-0.3, -0.25) is 20.2 Å². The second-order valence-electron chi connectivity index (χ2n) is 6.04. The number of nitro groups is 1. The average Bonchev–Trinajstić information content (AvgIpc) is 3.15. The zero-order chi connectivity index (χ0) is 20.8. The molecule has 1 amide bonds. The molecule has 1 aromatic heterocycles. The van der Waals surface area contributed by atoms with Crippen molar-refractivity contribution in [3.63, 3.8) is 0 Å². The van der Waals surface area contributed by atoms with Crippen molar-refractivity contribution in [3.8, 4) is 22.8 Å². The quantitative estimate of drug-likeness (QED) is 0.432. The summed E-state index contributed by atoms with van der Waals surface area (Å²) in [6, 6.07) is 11.9. The van der Waals surface area contributed by atoms with Gasteiger partial charge in [0, 0.05) is 22.6 Å². The molecule has 3 aromatic rings. The third-order valence-corrected chi connectivity index (χ3v) is 4.70. The molecule has 0 fully saturated rings. The van der Waals surface area contributed by atoms with Crippen LogP contribution in [0.3, 0.4) is 0 Å². The van der Waals surface area contributed by atoms with Crippen LogP contribution in [-0.2, 0) is 4.79 Å². The molecule has 0 radical (unpaired) electrons. The van der Waals surface area contributed by atoms with Crippen LogP contribution in [0.4, 0.5) is 10.8 Å². The number of aryl methyl sites for hydroxylation is 1. The van der Waals surface area contributed by atoms with E-state index >= 15 is 0 Å². The van der Waals surface area contributed by atoms with Gasteiger partial charge in [-0.05, 0) is 50.2 Å². The van der Waals surface area contributed by atoms with Crippen molar-refractivity contribution >= 4 is 28.1 Å². The summed E-state index contributed by atoms with van der Waals surface area (Å²) in [4.78, 5) is 26.9. The van der Waals surface area contributed by atoms with Gasteiger partial charge in [-0.1, -0.05) is 0 Å². The Labute approximate surface area is 171 Å². The van der Waals surface area contributed by atoms with Gasteiger partial charge in [0.05, 0.1) is 17.2 Å². The predicted molar refractivity (Wildman–Crippen MR) is 111 cm³/mol. The Balaban J connectivity index is 1.56. The van der Waals surface area contributed by atoms with E-state index < -0.39 is 4.92 Å². The van der Waals surface area contributed by atoms with Crippen molar-refractivity contribution in [1.82, 2.24) is 4.98 Å². The van der Waals surface area contributed by atoms with Gasteiger partial charge in [0.25, 0.3) is 11.6 Å². The predicted octanol–water partition coefficient (Wildman–Crippen LogP) is 4.44. The van der Waals surface area contributed by atoms with E-state index in [2.05, 4.69) is 10.3 Å². The van der Waals surface area contributed by atoms with Crippen LogP contribution in [0, 0.1) is 17.0 Å². The number of hydrogen-bond donors (Lipinski definition) is 1. The third kappa shape index (κ3) is 5.29. The van der Waals surface area contributed by atoms with Crippen molar-refractivity contribution in [2.75, 3.05) is 18.5 Å². The monoisotopic (exact) mass is 413 g/mol. The zero-order valence-corrected chi connectivity index (χ0v) is 16.7. The van der Waals surface area contributed by atoms with E-state index in [9.17, 15) is 14.9 Å². The van der Waals surface area contributed by atoms with Crippen LogP contribution in [0.2, 0.25) is 0 Å². The highest BCUT2D eigenvalue weighted by Crippen LogP contribution is 2.27. The van der Waals surface area contributed by atoms with E-state index in [4.69, 9.17) is 9.47 Å². The van der Waals surface area contributed by atoms with Gasteiger partial charge < -0.3 is 9.47 Å². The molecule has 1 N–H and O–H groups in total. The number of nitrogens with one attached hydrogen (secondary N) is 1. The summed E-state index contributed by atoms with van der Waals surface area (Å²) in [6.45, 7) is 3.92. The molecule has 29 heavy (non-hydrogen) atoms. The van der Waals surface area contributed by atoms with Crippen LogP contribution in [0.15, 0.2) is 47.8 Å². The highest BCUT2D eigenvalue weighted by molar-refractivity contribution is 7.14. The van der Waals surface area contributed by atoms with Crippen LogP contribution >= 0.6 is 11.3 Å². The summed E-state index contributed by atoms with van der Waals surface area (Å²) in [5.74, 6) is 0.810. The molecular formula is C20H19N3O5S. The number of amides is 1. The largest absolute Gasteiger partial charge is 0.494 e. The maximum absolute atomic E-state index is 12.1. The molecule has 2 aromatic carbocycles. The van der Waals surface area contributed by atoms with Gasteiger partial charge in [0.15, 0.2) is 11.7 Å². The van der Waals surface area contributed by atoms with Crippen LogP contribution in [0.25, 0.3) is 11.3 Å². The van der Waals surface area contributed by atoms with E-state index in [0.717, 1.165) is 17.0 Å². The van der Waals surface area contributed by atoms with Crippen molar-refractivity contribution < 1.29 is 19.2 Å². The maximum Gasteiger partial charge on any atom is 0.272 e. The summed E-state index contributed by atoms with van der Waals surface area (Å²) in [6.07, 6.45) is 0. The number of hydrogen-bond acceptors (Lipinski definition) is 7. The highest BCUT2D eigenvalue weighted by Gasteiger charge is 2.12. The Hall–Kier alpha value is -3.46. The second-order valence-corrected chi connectivity index (χ2v) is 6.90. The molecule has 9 heteroatoms. The van der Waals surface area contributed by atoms with Gasteiger partial charge in [-0.15, -0.1) is 11.3 Å². The number of anilines is 1. The summed E-state index contributed by atoms with van der Waals surface area (Å²) in [5.41, 5.74) is 2.14. The molecule has 0 bridgehead atoms. The number of carbonyl (C=O) groups excluding carboxylic acids is 1. The van der Waals surface area contributed by atoms with Crippen LogP contribution in [0.5, 0.6) is 11.5 Å². The lowest BCUT2D eigenvalue weighted by molar-refractivity contribution is -0.385. The first-order chi connectivity index (χ1) is 14.0. The number of nitrogens with zero attached hydrogens (tertiary/aromatic N) is 2. The molecular weight excluding hydrogens is 394 g/mol. The normalized spacial score (nSPS) is 10.4. The van der Waals surface area contributed by atoms with Crippen molar-refractivity contribution in [3.05, 3.63) is 63.5 Å². The van der Waals surface area contributed by atoms with E-state index in [-0.39, 0.29) is 18.2 Å². The molecule has 0 aliphatic rings. The van der Waals surface area contributed by atoms with Gasteiger partial charge >= 0.3 is 0 Å². The van der Waals surface area contributed by atoms with Gasteiger partial charge in [-0.25, -0.2) is 4.98 Å². The smallest absolute Gasteiger partial charge is 0.272 e. The number of aromatic nitrogens is 1. The van der Waals surface area contributed by atoms with Crippen molar-refractivity contribution in [2.24, 2.45) is 0 Å². The standard InChI is InChI=1S/C20H19N3O5S/c1-3-27-15-6-4-14(5-7-15)17-12-29-20(21-17)22-19(24)11-28-16-8-9-18(23(25)26)13(2)10-16/h4-10,12H,3,11H2,1-2H3,(H,21,22,24). The number of rotatable bonds is 8. The van der Waals surface area contributed by atoms with Crippen LogP contribution in [-0.4, -0.2) is 29.0 Å². The lowest BCUT2D eigenvalue weighted by Gasteiger charge is -2.07. The first-order valence-electron chi connectivity index (χ1n) is 8.82. The highest BCUT2D eigenvalue weighted by atomic mass is 32.1. The van der Waals surface area contributed by atoms with Crippen LogP contribution in [0.1, 0.15) is 12.5 Å².